The smallest absolute Gasteiger partial charge is 0.260 e. The first kappa shape index (κ1) is 13.6. The summed E-state index contributed by atoms with van der Waals surface area (Å²) in [4.78, 5) is 11.7. The molecule has 3 nitrogen and oxygen atoms in total. The van der Waals surface area contributed by atoms with Crippen LogP contribution in [0.25, 0.3) is 0 Å². The van der Waals surface area contributed by atoms with E-state index >= 15 is 0 Å². The average Bonchev–Trinajstić information content (AvgIpc) is 2.29. The van der Waals surface area contributed by atoms with Gasteiger partial charge in [-0.25, -0.2) is 0 Å². The van der Waals surface area contributed by atoms with Crippen LogP contribution < -0.4 is 10.1 Å². The third-order valence-corrected chi connectivity index (χ3v) is 2.45. The summed E-state index contributed by atoms with van der Waals surface area (Å²) in [7, 11) is 0. The number of carbonyl (C=O) groups is 1. The molecule has 1 N–H and O–H groups in total. The van der Waals surface area contributed by atoms with Crippen molar-refractivity contribution >= 4 is 5.91 Å². The van der Waals surface area contributed by atoms with Gasteiger partial charge in [0.1, 0.15) is 5.75 Å². The van der Waals surface area contributed by atoms with E-state index in [1.807, 2.05) is 30.3 Å². The Labute approximate surface area is 103 Å². The van der Waals surface area contributed by atoms with Gasteiger partial charge in [-0.3, -0.25) is 4.79 Å². The summed E-state index contributed by atoms with van der Waals surface area (Å²) in [5, 5.41) is 2.87. The fourth-order valence-electron chi connectivity index (χ4n) is 1.38. The quantitative estimate of drug-likeness (QED) is 0.823. The monoisotopic (exact) mass is 235 g/mol. The Morgan fingerprint density at radius 1 is 1.24 bits per heavy atom. The zero-order valence-corrected chi connectivity index (χ0v) is 10.8. The Bertz CT molecular complexity index is 335. The molecule has 17 heavy (non-hydrogen) atoms. The largest absolute Gasteiger partial charge is 0.481 e. The first-order valence-electron chi connectivity index (χ1n) is 6.09. The van der Waals surface area contributed by atoms with Crippen LogP contribution in [0.1, 0.15) is 27.2 Å². The molecule has 3 heteroatoms. The molecule has 0 fully saturated rings. The summed E-state index contributed by atoms with van der Waals surface area (Å²) < 4.78 is 5.52. The Kier molecular flexibility index (Phi) is 5.53. The van der Waals surface area contributed by atoms with Crippen molar-refractivity contribution in [2.75, 3.05) is 6.54 Å². The molecule has 0 saturated heterocycles. The van der Waals surface area contributed by atoms with Crippen molar-refractivity contribution in [3.63, 3.8) is 0 Å². The Morgan fingerprint density at radius 2 is 1.88 bits per heavy atom. The van der Waals surface area contributed by atoms with Crippen LogP contribution >= 0.6 is 0 Å². The predicted molar refractivity (Wildman–Crippen MR) is 69.0 cm³/mol. The Morgan fingerprint density at radius 3 is 2.47 bits per heavy atom. The van der Waals surface area contributed by atoms with Crippen molar-refractivity contribution in [3.05, 3.63) is 30.3 Å². The van der Waals surface area contributed by atoms with Gasteiger partial charge in [-0.2, -0.15) is 0 Å². The van der Waals surface area contributed by atoms with Crippen LogP contribution in [-0.4, -0.2) is 18.6 Å². The second-order valence-electron chi connectivity index (χ2n) is 4.55. The van der Waals surface area contributed by atoms with Gasteiger partial charge in [0.15, 0.2) is 6.10 Å². The minimum atomic E-state index is -0.454. The summed E-state index contributed by atoms with van der Waals surface area (Å²) in [5.74, 6) is 1.26. The fourth-order valence-corrected chi connectivity index (χ4v) is 1.38. The molecule has 0 aliphatic heterocycles. The van der Waals surface area contributed by atoms with Crippen LogP contribution in [0.5, 0.6) is 5.75 Å². The van der Waals surface area contributed by atoms with E-state index < -0.39 is 6.10 Å². The van der Waals surface area contributed by atoms with Crippen LogP contribution in [0.15, 0.2) is 30.3 Å². The number of ether oxygens (including phenoxy) is 1. The molecule has 1 rings (SSSR count). The van der Waals surface area contributed by atoms with Crippen molar-refractivity contribution < 1.29 is 9.53 Å². The highest BCUT2D eigenvalue weighted by atomic mass is 16.5. The fraction of sp³-hybridized carbons (Fsp3) is 0.500. The minimum absolute atomic E-state index is 0.0606. The van der Waals surface area contributed by atoms with E-state index in [2.05, 4.69) is 19.2 Å². The number of benzene rings is 1. The maximum Gasteiger partial charge on any atom is 0.260 e. The topological polar surface area (TPSA) is 38.3 Å². The summed E-state index contributed by atoms with van der Waals surface area (Å²) in [5.41, 5.74) is 0. The molecule has 1 amide bonds. The number of carbonyl (C=O) groups excluding carboxylic acids is 1. The first-order valence-corrected chi connectivity index (χ1v) is 6.09. The minimum Gasteiger partial charge on any atom is -0.481 e. The zero-order valence-electron chi connectivity index (χ0n) is 10.8. The highest BCUT2D eigenvalue weighted by molar-refractivity contribution is 5.80. The number of hydrogen-bond donors (Lipinski definition) is 1. The number of para-hydroxylation sites is 1. The Hall–Kier alpha value is -1.51. The molecule has 0 spiro atoms. The van der Waals surface area contributed by atoms with E-state index in [1.54, 1.807) is 6.92 Å². The van der Waals surface area contributed by atoms with Gasteiger partial charge in [0, 0.05) is 6.54 Å². The molecule has 0 heterocycles. The van der Waals surface area contributed by atoms with Gasteiger partial charge >= 0.3 is 0 Å². The Balaban J connectivity index is 2.32. The van der Waals surface area contributed by atoms with Gasteiger partial charge in [0.2, 0.25) is 0 Å². The third-order valence-electron chi connectivity index (χ3n) is 2.45. The van der Waals surface area contributed by atoms with Gasteiger partial charge in [-0.05, 0) is 31.4 Å². The molecule has 0 aromatic heterocycles. The number of rotatable bonds is 6. The second-order valence-corrected chi connectivity index (χ2v) is 4.55. The third kappa shape index (κ3) is 5.38. The SMILES string of the molecule is CC(C)CCNC(=O)C(C)Oc1ccccc1. The highest BCUT2D eigenvalue weighted by Gasteiger charge is 2.13. The van der Waals surface area contributed by atoms with Crippen LogP contribution in [0.3, 0.4) is 0 Å². The standard InChI is InChI=1S/C14H21NO2/c1-11(2)9-10-15-14(16)12(3)17-13-7-5-4-6-8-13/h4-8,11-12H,9-10H2,1-3H3,(H,15,16). The van der Waals surface area contributed by atoms with Gasteiger partial charge in [-0.15, -0.1) is 0 Å². The van der Waals surface area contributed by atoms with Gasteiger partial charge < -0.3 is 10.1 Å². The maximum atomic E-state index is 11.7. The van der Waals surface area contributed by atoms with E-state index in [1.165, 1.54) is 0 Å². The van der Waals surface area contributed by atoms with Crippen LogP contribution in [0.4, 0.5) is 0 Å². The van der Waals surface area contributed by atoms with Gasteiger partial charge in [-0.1, -0.05) is 32.0 Å². The lowest BCUT2D eigenvalue weighted by Crippen LogP contribution is -2.37. The normalized spacial score (nSPS) is 12.2. The van der Waals surface area contributed by atoms with Crippen LogP contribution in [-0.2, 0) is 4.79 Å². The van der Waals surface area contributed by atoms with E-state index in [-0.39, 0.29) is 5.91 Å². The van der Waals surface area contributed by atoms with Crippen molar-refractivity contribution in [2.24, 2.45) is 5.92 Å². The summed E-state index contributed by atoms with van der Waals surface area (Å²) in [6, 6.07) is 9.38. The highest BCUT2D eigenvalue weighted by Crippen LogP contribution is 2.10. The molecule has 0 radical (unpaired) electrons. The number of nitrogens with one attached hydrogen (secondary N) is 1. The molecular weight excluding hydrogens is 214 g/mol. The van der Waals surface area contributed by atoms with Gasteiger partial charge in [0.25, 0.3) is 5.91 Å². The molecule has 0 aliphatic carbocycles. The molecule has 1 unspecified atom stereocenters. The molecular formula is C14H21NO2. The summed E-state index contributed by atoms with van der Waals surface area (Å²) >= 11 is 0. The predicted octanol–water partition coefficient (Wildman–Crippen LogP) is 2.62. The average molecular weight is 235 g/mol. The van der Waals surface area contributed by atoms with Crippen LogP contribution in [0.2, 0.25) is 0 Å². The van der Waals surface area contributed by atoms with Crippen molar-refractivity contribution in [1.29, 1.82) is 0 Å². The van der Waals surface area contributed by atoms with E-state index in [0.29, 0.717) is 12.5 Å². The van der Waals surface area contributed by atoms with Crippen molar-refractivity contribution in [3.8, 4) is 5.75 Å². The van der Waals surface area contributed by atoms with Crippen molar-refractivity contribution in [2.45, 2.75) is 33.3 Å². The van der Waals surface area contributed by atoms with E-state index in [0.717, 1.165) is 12.2 Å². The lowest BCUT2D eigenvalue weighted by Gasteiger charge is -2.15. The molecule has 1 aromatic rings. The lowest BCUT2D eigenvalue weighted by atomic mass is 10.1. The molecule has 0 aliphatic rings. The van der Waals surface area contributed by atoms with E-state index in [9.17, 15) is 4.79 Å². The summed E-state index contributed by atoms with van der Waals surface area (Å²) in [6.45, 7) is 6.74. The number of amides is 1. The van der Waals surface area contributed by atoms with Crippen LogP contribution in [0, 0.1) is 5.92 Å². The first-order chi connectivity index (χ1) is 8.09. The van der Waals surface area contributed by atoms with Gasteiger partial charge in [0.05, 0.1) is 0 Å². The zero-order chi connectivity index (χ0) is 12.7. The molecule has 94 valence electrons. The molecule has 1 aromatic carbocycles. The van der Waals surface area contributed by atoms with Crippen molar-refractivity contribution in [1.82, 2.24) is 5.32 Å². The molecule has 0 bridgehead atoms. The summed E-state index contributed by atoms with van der Waals surface area (Å²) in [6.07, 6.45) is 0.536. The number of hydrogen-bond acceptors (Lipinski definition) is 2. The molecule has 0 saturated carbocycles. The lowest BCUT2D eigenvalue weighted by molar-refractivity contribution is -0.127. The maximum absolute atomic E-state index is 11.7. The van der Waals surface area contributed by atoms with E-state index in [4.69, 9.17) is 4.74 Å². The molecule has 1 atom stereocenters. The second kappa shape index (κ2) is 6.94.